The molecular formula is C30H41N3O14. The van der Waals surface area contributed by atoms with Crippen LogP contribution < -0.4 is 16.4 Å². The normalized spacial score (nSPS) is 21.6. The summed E-state index contributed by atoms with van der Waals surface area (Å²) in [4.78, 5) is 85.0. The topological polar surface area (TPSA) is 234 Å². The van der Waals surface area contributed by atoms with Gasteiger partial charge in [-0.2, -0.15) is 0 Å². The Hall–Kier alpha value is -4.61. The van der Waals surface area contributed by atoms with Crippen molar-refractivity contribution < 1.29 is 66.7 Å². The monoisotopic (exact) mass is 667 g/mol. The Morgan fingerprint density at radius 2 is 1.40 bits per heavy atom. The molecule has 0 spiro atoms. The van der Waals surface area contributed by atoms with E-state index in [1.807, 2.05) is 6.07 Å². The zero-order valence-electron chi connectivity index (χ0n) is 26.8. The Kier molecular flexibility index (Phi) is 15.7. The van der Waals surface area contributed by atoms with E-state index in [-0.39, 0.29) is 19.4 Å². The van der Waals surface area contributed by atoms with E-state index in [1.54, 1.807) is 24.3 Å². The molecule has 0 aliphatic carbocycles. The number of benzene rings is 1. The third-order valence-electron chi connectivity index (χ3n) is 6.48. The number of carbonyl (C=O) groups is 7. The van der Waals surface area contributed by atoms with Gasteiger partial charge in [0.2, 0.25) is 11.8 Å². The zero-order chi connectivity index (χ0) is 35.1. The highest BCUT2D eigenvalue weighted by molar-refractivity contribution is 5.90. The predicted octanol–water partition coefficient (Wildman–Crippen LogP) is -0.832. The number of nitrogens with one attached hydrogen (secondary N) is 2. The predicted molar refractivity (Wildman–Crippen MR) is 157 cm³/mol. The first kappa shape index (κ1) is 38.6. The molecule has 1 aliphatic heterocycles. The summed E-state index contributed by atoms with van der Waals surface area (Å²) >= 11 is 0. The highest BCUT2D eigenvalue weighted by atomic mass is 16.7. The van der Waals surface area contributed by atoms with Crippen LogP contribution in [0.25, 0.3) is 0 Å². The number of nitrogens with two attached hydrogens (primary N) is 1. The second-order valence-electron chi connectivity index (χ2n) is 10.4. The van der Waals surface area contributed by atoms with Crippen LogP contribution in [0.4, 0.5) is 0 Å². The molecule has 1 aromatic rings. The fraction of sp³-hybridized carbons (Fsp3) is 0.567. The van der Waals surface area contributed by atoms with E-state index < -0.39 is 97.7 Å². The molecule has 0 bridgehead atoms. The van der Waals surface area contributed by atoms with Crippen LogP contribution in [0.15, 0.2) is 30.3 Å². The van der Waals surface area contributed by atoms with E-state index in [2.05, 4.69) is 10.6 Å². The van der Waals surface area contributed by atoms with Gasteiger partial charge in [-0.1, -0.05) is 30.3 Å². The van der Waals surface area contributed by atoms with Crippen molar-refractivity contribution in [3.8, 4) is 0 Å². The van der Waals surface area contributed by atoms with Crippen molar-refractivity contribution >= 4 is 41.7 Å². The number of likely N-dealkylation sites (N-methyl/N-ethyl adjacent to an activating group) is 1. The van der Waals surface area contributed by atoms with E-state index in [1.165, 1.54) is 7.05 Å². The number of ether oxygens (including phenoxy) is 7. The van der Waals surface area contributed by atoms with Crippen LogP contribution in [0.1, 0.15) is 46.1 Å². The molecule has 0 unspecified atom stereocenters. The smallest absolute Gasteiger partial charge is 0.306 e. The molecule has 0 aromatic heterocycles. The van der Waals surface area contributed by atoms with E-state index in [0.29, 0.717) is 0 Å². The minimum Gasteiger partial charge on any atom is -0.463 e. The summed E-state index contributed by atoms with van der Waals surface area (Å²) in [5.74, 6) is -5.22. The summed E-state index contributed by atoms with van der Waals surface area (Å²) in [5.41, 5.74) is 6.81. The lowest BCUT2D eigenvalue weighted by molar-refractivity contribution is -0.308. The molecule has 1 fully saturated rings. The van der Waals surface area contributed by atoms with Crippen LogP contribution in [-0.4, -0.2) is 105 Å². The minimum atomic E-state index is -1.57. The van der Waals surface area contributed by atoms with Crippen LogP contribution >= 0.6 is 0 Å². The SMILES string of the molecule is CNC(=O)[C@@H](CCC(=O)OCc1ccccc1)NC(=O)[C@@H](N)CO[C@H]1O[C@H](COC(C)=O)[C@@H](OC(C)=O)[C@H](OC(C)=O)[C@@H]1OC(C)=O. The Labute approximate surface area is 271 Å². The van der Waals surface area contributed by atoms with Gasteiger partial charge in [-0.25, -0.2) is 0 Å². The van der Waals surface area contributed by atoms with Crippen molar-refractivity contribution in [2.24, 2.45) is 5.73 Å². The first-order valence-electron chi connectivity index (χ1n) is 14.6. The number of hydrogen-bond acceptors (Lipinski definition) is 15. The van der Waals surface area contributed by atoms with E-state index in [0.717, 1.165) is 33.3 Å². The highest BCUT2D eigenvalue weighted by Crippen LogP contribution is 2.30. The van der Waals surface area contributed by atoms with Crippen molar-refractivity contribution in [2.75, 3.05) is 20.3 Å². The molecule has 2 rings (SSSR count). The molecule has 1 aliphatic rings. The van der Waals surface area contributed by atoms with Gasteiger partial charge < -0.3 is 49.5 Å². The van der Waals surface area contributed by atoms with Gasteiger partial charge in [0.1, 0.15) is 31.4 Å². The van der Waals surface area contributed by atoms with E-state index in [9.17, 15) is 33.6 Å². The average Bonchev–Trinajstić information content (AvgIpc) is 3.01. The second-order valence-corrected chi connectivity index (χ2v) is 10.4. The molecule has 1 aromatic carbocycles. The number of esters is 5. The zero-order valence-corrected chi connectivity index (χ0v) is 26.8. The van der Waals surface area contributed by atoms with Crippen LogP contribution in [0.2, 0.25) is 0 Å². The lowest BCUT2D eigenvalue weighted by atomic mass is 9.98. The second kappa shape index (κ2) is 19.1. The summed E-state index contributed by atoms with van der Waals surface area (Å²) in [6.07, 6.45) is -7.54. The molecular weight excluding hydrogens is 626 g/mol. The molecule has 1 saturated heterocycles. The maximum absolute atomic E-state index is 13.0. The molecule has 17 nitrogen and oxygen atoms in total. The summed E-state index contributed by atoms with van der Waals surface area (Å²) in [6, 6.07) is 6.39. The maximum atomic E-state index is 13.0. The standard InChI is InChI=1S/C30H41N3O14/c1-16(34)41-15-23-25(44-17(2)35)26(45-18(3)36)27(46-19(4)37)30(47-23)43-14-21(31)28(39)33-22(29(40)32-5)11-12-24(38)42-13-20-9-7-6-8-10-20/h6-10,21-23,25-27,30H,11-15,31H2,1-5H3,(H,32,40)(H,33,39)/t21-,22+,23+,25+,26-,27-,30-/m0/s1. The van der Waals surface area contributed by atoms with Crippen molar-refractivity contribution in [3.05, 3.63) is 35.9 Å². The molecule has 4 N–H and O–H groups in total. The average molecular weight is 668 g/mol. The first-order valence-corrected chi connectivity index (χ1v) is 14.6. The Morgan fingerprint density at radius 1 is 0.809 bits per heavy atom. The number of carbonyl (C=O) groups excluding carboxylic acids is 7. The van der Waals surface area contributed by atoms with E-state index >= 15 is 0 Å². The largest absolute Gasteiger partial charge is 0.463 e. The number of rotatable bonds is 16. The molecule has 47 heavy (non-hydrogen) atoms. The Bertz CT molecular complexity index is 1260. The van der Waals surface area contributed by atoms with Gasteiger partial charge in [0, 0.05) is 41.2 Å². The fourth-order valence-corrected chi connectivity index (χ4v) is 4.39. The van der Waals surface area contributed by atoms with Gasteiger partial charge in [0.15, 0.2) is 24.6 Å². The minimum absolute atomic E-state index is 0.0398. The highest BCUT2D eigenvalue weighted by Gasteiger charge is 2.53. The first-order chi connectivity index (χ1) is 22.2. The Morgan fingerprint density at radius 3 is 1.98 bits per heavy atom. The van der Waals surface area contributed by atoms with Crippen LogP contribution in [0.5, 0.6) is 0 Å². The molecule has 17 heteroatoms. The summed E-state index contributed by atoms with van der Waals surface area (Å²) in [6.45, 7) is 3.30. The van der Waals surface area contributed by atoms with Crippen LogP contribution in [0.3, 0.4) is 0 Å². The number of amides is 2. The van der Waals surface area contributed by atoms with Crippen molar-refractivity contribution in [2.45, 2.75) is 89.9 Å². The Balaban J connectivity index is 2.13. The lowest BCUT2D eigenvalue weighted by Crippen LogP contribution is -2.63. The van der Waals surface area contributed by atoms with Crippen LogP contribution in [0, 0.1) is 0 Å². The quantitative estimate of drug-likeness (QED) is 0.144. The van der Waals surface area contributed by atoms with E-state index in [4.69, 9.17) is 38.9 Å². The maximum Gasteiger partial charge on any atom is 0.306 e. The van der Waals surface area contributed by atoms with Gasteiger partial charge in [-0.05, 0) is 12.0 Å². The van der Waals surface area contributed by atoms with Crippen molar-refractivity contribution in [1.29, 1.82) is 0 Å². The van der Waals surface area contributed by atoms with Crippen LogP contribution in [-0.2, 0) is 73.3 Å². The molecule has 7 atom stereocenters. The van der Waals surface area contributed by atoms with Gasteiger partial charge in [0.05, 0.1) is 6.61 Å². The van der Waals surface area contributed by atoms with Crippen molar-refractivity contribution in [3.63, 3.8) is 0 Å². The molecule has 1 heterocycles. The lowest BCUT2D eigenvalue weighted by Gasteiger charge is -2.44. The van der Waals surface area contributed by atoms with Gasteiger partial charge in [-0.15, -0.1) is 0 Å². The molecule has 0 radical (unpaired) electrons. The summed E-state index contributed by atoms with van der Waals surface area (Å²) in [7, 11) is 1.35. The summed E-state index contributed by atoms with van der Waals surface area (Å²) < 4.78 is 37.7. The molecule has 260 valence electrons. The third-order valence-corrected chi connectivity index (χ3v) is 6.48. The van der Waals surface area contributed by atoms with Gasteiger partial charge in [0.25, 0.3) is 0 Å². The molecule has 0 saturated carbocycles. The molecule has 2 amide bonds. The summed E-state index contributed by atoms with van der Waals surface area (Å²) in [5, 5.41) is 4.86. The number of hydrogen-bond donors (Lipinski definition) is 3. The van der Waals surface area contributed by atoms with Gasteiger partial charge in [-0.3, -0.25) is 33.6 Å². The fourth-order valence-electron chi connectivity index (χ4n) is 4.39. The van der Waals surface area contributed by atoms with Crippen molar-refractivity contribution in [1.82, 2.24) is 10.6 Å². The van der Waals surface area contributed by atoms with Gasteiger partial charge >= 0.3 is 29.8 Å². The third kappa shape index (κ3) is 13.3.